The maximum Gasteiger partial charge on any atom is 0.251 e. The van der Waals surface area contributed by atoms with E-state index in [1.165, 1.54) is 18.6 Å². The van der Waals surface area contributed by atoms with Gasteiger partial charge >= 0.3 is 0 Å². The molecule has 2 saturated heterocycles. The van der Waals surface area contributed by atoms with Crippen molar-refractivity contribution in [2.24, 2.45) is 0 Å². The Bertz CT molecular complexity index is 1910. The van der Waals surface area contributed by atoms with E-state index in [0.29, 0.717) is 47.3 Å². The van der Waals surface area contributed by atoms with Gasteiger partial charge < -0.3 is 20.3 Å². The maximum atomic E-state index is 12.8. The van der Waals surface area contributed by atoms with E-state index in [1.807, 2.05) is 24.0 Å². The number of hydrogen-bond acceptors (Lipinski definition) is 12. The predicted octanol–water partition coefficient (Wildman–Crippen LogP) is 5.10. The molecule has 2 aromatic carbocycles. The molecule has 0 atom stereocenters. The summed E-state index contributed by atoms with van der Waals surface area (Å²) in [5.41, 5.74) is 4.23. The van der Waals surface area contributed by atoms with E-state index in [0.717, 1.165) is 56.5 Å². The molecule has 0 amide bonds. The first-order valence-electron chi connectivity index (χ1n) is 15.9. The molecule has 0 saturated carbocycles. The van der Waals surface area contributed by atoms with Crippen molar-refractivity contribution in [1.82, 2.24) is 29.7 Å². The minimum absolute atomic E-state index is 0.145. The van der Waals surface area contributed by atoms with Crippen LogP contribution in [0, 0.1) is 6.92 Å². The van der Waals surface area contributed by atoms with Gasteiger partial charge in [0.2, 0.25) is 16.0 Å². The Kier molecular flexibility index (Phi) is 10.5. The molecule has 0 bridgehead atoms. The molecule has 13 nitrogen and oxygen atoms in total. The molecule has 2 aliphatic rings. The first kappa shape index (κ1) is 34.7. The van der Waals surface area contributed by atoms with E-state index in [9.17, 15) is 17.2 Å². The van der Waals surface area contributed by atoms with Crippen LogP contribution in [0.25, 0.3) is 11.0 Å². The monoisotopic (exact) mass is 716 g/mol. The Morgan fingerprint density at radius 1 is 1.00 bits per heavy atom. The average Bonchev–Trinajstić information content (AvgIpc) is 3.07. The van der Waals surface area contributed by atoms with E-state index in [-0.39, 0.29) is 29.0 Å². The standard InChI is InChI=1S/C32H39ClF2N10O3S/c1-20-16-25(27(48-2)17-26(20)45-10-6-21(7-11-45)44-14-12-43(13-15-44)19-28(34)35)40-32-38-18-22(33)31(41-32)39-24-5-4-23-29(37-9-8-36-23)30(24)42-49(3,46)47/h4-5,8-9,16-18,21,28,42H,6-7,10-15,19H2,1-3H3,(H2,38,39,40,41). The molecule has 3 N–H and O–H groups in total. The SMILES string of the molecule is COc1cc(N2CCC(N3CCN(CC(F)F)CC3)CC2)c(C)cc1Nc1ncc(Cl)c(Nc2ccc3nccnc3c2NS(C)(=O)=O)n1. The van der Waals surface area contributed by atoms with E-state index in [2.05, 4.69) is 45.1 Å². The number of nitrogens with zero attached hydrogens (tertiary/aromatic N) is 7. The third kappa shape index (κ3) is 8.37. The van der Waals surface area contributed by atoms with Crippen molar-refractivity contribution in [2.45, 2.75) is 32.2 Å². The molecule has 49 heavy (non-hydrogen) atoms. The first-order chi connectivity index (χ1) is 23.5. The van der Waals surface area contributed by atoms with Crippen molar-refractivity contribution >= 4 is 67.2 Å². The number of fused-ring (bicyclic) bond motifs is 1. The minimum Gasteiger partial charge on any atom is -0.494 e. The van der Waals surface area contributed by atoms with Crippen LogP contribution >= 0.6 is 11.6 Å². The molecule has 17 heteroatoms. The quantitative estimate of drug-likeness (QED) is 0.190. The number of methoxy groups -OCH3 is 1. The average molecular weight is 717 g/mol. The summed E-state index contributed by atoms with van der Waals surface area (Å²) in [6.45, 7) is 6.68. The van der Waals surface area contributed by atoms with Crippen LogP contribution in [0.4, 0.5) is 43.3 Å². The van der Waals surface area contributed by atoms with Crippen molar-refractivity contribution in [1.29, 1.82) is 0 Å². The second-order valence-electron chi connectivity index (χ2n) is 12.2. The molecule has 0 radical (unpaired) electrons. The molecular weight excluding hydrogens is 678 g/mol. The number of alkyl halides is 2. The molecule has 6 rings (SSSR count). The number of nitrogens with one attached hydrogen (secondary N) is 3. The van der Waals surface area contributed by atoms with Gasteiger partial charge in [-0.25, -0.2) is 22.2 Å². The highest BCUT2D eigenvalue weighted by atomic mass is 35.5. The Morgan fingerprint density at radius 2 is 1.73 bits per heavy atom. The largest absolute Gasteiger partial charge is 0.494 e. The lowest BCUT2D eigenvalue weighted by atomic mass is 10.0. The molecule has 262 valence electrons. The second kappa shape index (κ2) is 14.8. The summed E-state index contributed by atoms with van der Waals surface area (Å²) in [6, 6.07) is 7.82. The molecule has 2 aliphatic heterocycles. The van der Waals surface area contributed by atoms with Gasteiger partial charge in [-0.2, -0.15) is 4.98 Å². The number of aromatic nitrogens is 4. The third-order valence-corrected chi connectivity index (χ3v) is 9.67. The lowest BCUT2D eigenvalue weighted by Crippen LogP contribution is -2.53. The zero-order valence-electron chi connectivity index (χ0n) is 27.5. The number of aryl methyl sites for hydroxylation is 1. The molecular formula is C32H39ClF2N10O3S. The van der Waals surface area contributed by atoms with Gasteiger partial charge in [0.25, 0.3) is 6.43 Å². The zero-order valence-corrected chi connectivity index (χ0v) is 29.0. The highest BCUT2D eigenvalue weighted by molar-refractivity contribution is 7.92. The second-order valence-corrected chi connectivity index (χ2v) is 14.4. The van der Waals surface area contributed by atoms with Crippen molar-refractivity contribution < 1.29 is 21.9 Å². The number of ether oxygens (including phenoxy) is 1. The molecule has 2 fully saturated rings. The molecule has 0 aliphatic carbocycles. The fourth-order valence-corrected chi connectivity index (χ4v) is 7.17. The van der Waals surface area contributed by atoms with Gasteiger partial charge in [0.1, 0.15) is 16.3 Å². The number of anilines is 6. The minimum atomic E-state index is -3.66. The fraction of sp³-hybridized carbons (Fsp3) is 0.438. The number of rotatable bonds is 11. The summed E-state index contributed by atoms with van der Waals surface area (Å²) < 4.78 is 58.3. The third-order valence-electron chi connectivity index (χ3n) is 8.81. The summed E-state index contributed by atoms with van der Waals surface area (Å²) in [4.78, 5) is 24.2. The van der Waals surface area contributed by atoms with Crippen molar-refractivity contribution in [2.75, 3.05) is 79.4 Å². The molecule has 4 heterocycles. The van der Waals surface area contributed by atoms with Crippen LogP contribution < -0.4 is 25.0 Å². The van der Waals surface area contributed by atoms with Crippen LogP contribution in [0.2, 0.25) is 5.02 Å². The number of piperidine rings is 1. The topological polar surface area (TPSA) is 141 Å². The van der Waals surface area contributed by atoms with Crippen LogP contribution in [0.15, 0.2) is 42.9 Å². The van der Waals surface area contributed by atoms with Gasteiger partial charge in [0.05, 0.1) is 48.7 Å². The predicted molar refractivity (Wildman–Crippen MR) is 189 cm³/mol. The summed E-state index contributed by atoms with van der Waals surface area (Å²) in [6.07, 6.45) is 5.21. The van der Waals surface area contributed by atoms with E-state index in [1.54, 1.807) is 19.2 Å². The number of benzene rings is 2. The summed E-state index contributed by atoms with van der Waals surface area (Å²) in [5, 5.41) is 6.57. The van der Waals surface area contributed by atoms with Crippen molar-refractivity contribution in [3.05, 3.63) is 53.4 Å². The van der Waals surface area contributed by atoms with Gasteiger partial charge in [-0.3, -0.25) is 24.5 Å². The molecule has 0 unspecified atom stereocenters. The van der Waals surface area contributed by atoms with Gasteiger partial charge in [0.15, 0.2) is 5.82 Å². The summed E-state index contributed by atoms with van der Waals surface area (Å²) in [7, 11) is -2.05. The Labute approximate surface area is 289 Å². The number of halogens is 3. The fourth-order valence-electron chi connectivity index (χ4n) is 6.46. The van der Waals surface area contributed by atoms with E-state index in [4.69, 9.17) is 16.3 Å². The van der Waals surface area contributed by atoms with Crippen LogP contribution in [-0.4, -0.2) is 110 Å². The van der Waals surface area contributed by atoms with E-state index < -0.39 is 16.4 Å². The Morgan fingerprint density at radius 3 is 2.43 bits per heavy atom. The Hall–Kier alpha value is -4.12. The molecule has 0 spiro atoms. The van der Waals surface area contributed by atoms with Gasteiger partial charge in [-0.15, -0.1) is 0 Å². The Balaban J connectivity index is 1.16. The molecule has 2 aromatic heterocycles. The van der Waals surface area contributed by atoms with Crippen LogP contribution in [0.1, 0.15) is 18.4 Å². The van der Waals surface area contributed by atoms with Crippen LogP contribution in [0.5, 0.6) is 5.75 Å². The molecule has 4 aromatic rings. The summed E-state index contributed by atoms with van der Waals surface area (Å²) >= 11 is 6.48. The van der Waals surface area contributed by atoms with Crippen LogP contribution in [-0.2, 0) is 10.0 Å². The number of hydrogen-bond donors (Lipinski definition) is 3. The zero-order chi connectivity index (χ0) is 34.7. The van der Waals surface area contributed by atoms with Gasteiger partial charge in [-0.05, 0) is 43.5 Å². The maximum absolute atomic E-state index is 12.8. The highest BCUT2D eigenvalue weighted by Crippen LogP contribution is 2.37. The lowest BCUT2D eigenvalue weighted by Gasteiger charge is -2.43. The highest BCUT2D eigenvalue weighted by Gasteiger charge is 2.29. The normalized spacial score (nSPS) is 16.7. The lowest BCUT2D eigenvalue weighted by molar-refractivity contribution is 0.0392. The van der Waals surface area contributed by atoms with Crippen molar-refractivity contribution in [3.63, 3.8) is 0 Å². The van der Waals surface area contributed by atoms with Crippen molar-refractivity contribution in [3.8, 4) is 5.75 Å². The van der Waals surface area contributed by atoms with Gasteiger partial charge in [0, 0.05) is 69.5 Å². The first-order valence-corrected chi connectivity index (χ1v) is 18.2. The number of piperazine rings is 1. The van der Waals surface area contributed by atoms with Gasteiger partial charge in [-0.1, -0.05) is 11.6 Å². The van der Waals surface area contributed by atoms with E-state index >= 15 is 0 Å². The summed E-state index contributed by atoms with van der Waals surface area (Å²) in [5.74, 6) is 1.09. The number of sulfonamides is 1. The van der Waals surface area contributed by atoms with Crippen LogP contribution in [0.3, 0.4) is 0 Å². The smallest absolute Gasteiger partial charge is 0.251 e.